The summed E-state index contributed by atoms with van der Waals surface area (Å²) in [7, 11) is 1.56. The van der Waals surface area contributed by atoms with Crippen molar-refractivity contribution in [3.63, 3.8) is 0 Å². The molecule has 1 aliphatic heterocycles. The summed E-state index contributed by atoms with van der Waals surface area (Å²) < 4.78 is 11.1. The lowest BCUT2D eigenvalue weighted by Crippen LogP contribution is -2.42. The zero-order valence-corrected chi connectivity index (χ0v) is 17.4. The summed E-state index contributed by atoms with van der Waals surface area (Å²) >= 11 is 6.35. The Labute approximate surface area is 167 Å². The first-order valence-corrected chi connectivity index (χ1v) is 9.40. The quantitative estimate of drug-likeness (QED) is 0.693. The fourth-order valence-corrected chi connectivity index (χ4v) is 3.38. The van der Waals surface area contributed by atoms with Crippen LogP contribution in [0.2, 0.25) is 5.02 Å². The lowest BCUT2D eigenvalue weighted by atomic mass is 9.90. The molecule has 1 aromatic rings. The number of unbranched alkanes of at least 4 members (excludes halogenated alkanes) is 1. The van der Waals surface area contributed by atoms with Crippen LogP contribution in [0, 0.1) is 5.92 Å². The molecule has 1 heterocycles. The highest BCUT2D eigenvalue weighted by atomic mass is 35.5. The lowest BCUT2D eigenvalue weighted by Gasteiger charge is -2.33. The number of amides is 1. The zero-order chi connectivity index (χ0) is 18.4. The Balaban J connectivity index is 0.00000338. The summed E-state index contributed by atoms with van der Waals surface area (Å²) in [6.07, 6.45) is 3.85. The number of likely N-dealkylation sites (tertiary alicyclic amines) is 1. The van der Waals surface area contributed by atoms with Crippen LogP contribution < -0.4 is 15.2 Å². The summed E-state index contributed by atoms with van der Waals surface area (Å²) in [4.78, 5) is 14.7. The van der Waals surface area contributed by atoms with Gasteiger partial charge in [0.25, 0.3) is 5.91 Å². The number of benzene rings is 1. The van der Waals surface area contributed by atoms with Crippen LogP contribution in [0.4, 0.5) is 0 Å². The predicted molar refractivity (Wildman–Crippen MR) is 108 cm³/mol. The summed E-state index contributed by atoms with van der Waals surface area (Å²) in [6, 6.07) is 3.56. The van der Waals surface area contributed by atoms with Gasteiger partial charge in [-0.1, -0.05) is 24.9 Å². The van der Waals surface area contributed by atoms with Gasteiger partial charge in [0, 0.05) is 24.7 Å². The van der Waals surface area contributed by atoms with Crippen LogP contribution in [0.15, 0.2) is 12.1 Å². The van der Waals surface area contributed by atoms with E-state index in [4.69, 9.17) is 26.8 Å². The summed E-state index contributed by atoms with van der Waals surface area (Å²) in [5, 5.41) is 0.407. The molecule has 1 saturated heterocycles. The number of methoxy groups -OCH3 is 1. The van der Waals surface area contributed by atoms with Crippen LogP contribution in [0.3, 0.4) is 0 Å². The minimum Gasteiger partial charge on any atom is -0.493 e. The van der Waals surface area contributed by atoms with Crippen molar-refractivity contribution < 1.29 is 14.3 Å². The number of carbonyl (C=O) groups excluding carboxylic acids is 1. The summed E-state index contributed by atoms with van der Waals surface area (Å²) in [5.41, 5.74) is 6.50. The molecule has 1 fully saturated rings. The molecule has 0 saturated carbocycles. The van der Waals surface area contributed by atoms with E-state index < -0.39 is 0 Å². The second-order valence-electron chi connectivity index (χ2n) is 6.68. The number of carbonyl (C=O) groups is 1. The maximum Gasteiger partial charge on any atom is 0.254 e. The van der Waals surface area contributed by atoms with Gasteiger partial charge in [-0.15, -0.1) is 12.4 Å². The molecule has 1 amide bonds. The third-order valence-corrected chi connectivity index (χ3v) is 5.07. The Morgan fingerprint density at radius 2 is 2.04 bits per heavy atom. The molecule has 0 radical (unpaired) electrons. The Morgan fingerprint density at radius 1 is 1.38 bits per heavy atom. The second kappa shape index (κ2) is 10.9. The number of nitrogens with two attached hydrogens (primary N) is 1. The number of halogens is 2. The number of hydrogen-bond acceptors (Lipinski definition) is 4. The van der Waals surface area contributed by atoms with E-state index in [2.05, 4.69) is 6.92 Å². The molecule has 1 aliphatic rings. The van der Waals surface area contributed by atoms with Gasteiger partial charge in [-0.3, -0.25) is 4.79 Å². The third kappa shape index (κ3) is 5.66. The Hall–Kier alpha value is -1.17. The van der Waals surface area contributed by atoms with Gasteiger partial charge in [0.15, 0.2) is 11.5 Å². The van der Waals surface area contributed by atoms with Crippen LogP contribution in [-0.2, 0) is 0 Å². The van der Waals surface area contributed by atoms with Crippen LogP contribution in [0.1, 0.15) is 49.9 Å². The van der Waals surface area contributed by atoms with E-state index >= 15 is 0 Å². The number of hydrogen-bond donors (Lipinski definition) is 1. The number of piperidine rings is 1. The molecule has 2 rings (SSSR count). The average molecular weight is 405 g/mol. The normalized spacial score (nSPS) is 16.0. The number of ether oxygens (including phenoxy) is 2. The molecule has 0 bridgehead atoms. The molecule has 5 nitrogen and oxygen atoms in total. The first-order valence-electron chi connectivity index (χ1n) is 9.03. The first kappa shape index (κ1) is 22.9. The SMILES string of the molecule is CCCCOc1c(Cl)cc(C(=O)N2CCC(C(C)N)CC2)cc1OC.Cl. The summed E-state index contributed by atoms with van der Waals surface area (Å²) in [6.45, 7) is 6.15. The van der Waals surface area contributed by atoms with E-state index in [0.29, 0.717) is 34.6 Å². The molecule has 2 N–H and O–H groups in total. The van der Waals surface area contributed by atoms with Gasteiger partial charge in [0.05, 0.1) is 18.7 Å². The predicted octanol–water partition coefficient (Wildman–Crippen LogP) is 4.15. The first-order chi connectivity index (χ1) is 12.0. The molecular weight excluding hydrogens is 375 g/mol. The van der Waals surface area contributed by atoms with Crippen molar-refractivity contribution in [2.75, 3.05) is 26.8 Å². The van der Waals surface area contributed by atoms with Gasteiger partial charge in [-0.25, -0.2) is 0 Å². The lowest BCUT2D eigenvalue weighted by molar-refractivity contribution is 0.0680. The van der Waals surface area contributed by atoms with Gasteiger partial charge in [0.2, 0.25) is 0 Å². The van der Waals surface area contributed by atoms with Gasteiger partial charge in [0.1, 0.15) is 0 Å². The van der Waals surface area contributed by atoms with Gasteiger partial charge in [-0.05, 0) is 44.2 Å². The zero-order valence-electron chi connectivity index (χ0n) is 15.8. The van der Waals surface area contributed by atoms with Crippen molar-refractivity contribution in [2.45, 2.75) is 45.6 Å². The molecule has 0 aromatic heterocycles. The van der Waals surface area contributed by atoms with Crippen molar-refractivity contribution in [1.29, 1.82) is 0 Å². The third-order valence-electron chi connectivity index (χ3n) is 4.79. The monoisotopic (exact) mass is 404 g/mol. The van der Waals surface area contributed by atoms with Gasteiger partial charge in [-0.2, -0.15) is 0 Å². The maximum absolute atomic E-state index is 12.8. The van der Waals surface area contributed by atoms with Crippen LogP contribution in [0.25, 0.3) is 0 Å². The molecule has 1 aromatic carbocycles. The summed E-state index contributed by atoms with van der Waals surface area (Å²) in [5.74, 6) is 1.46. The van der Waals surface area contributed by atoms with Gasteiger partial charge >= 0.3 is 0 Å². The van der Waals surface area contributed by atoms with Crippen molar-refractivity contribution >= 4 is 29.9 Å². The number of nitrogens with zero attached hydrogens (tertiary/aromatic N) is 1. The van der Waals surface area contributed by atoms with Crippen LogP contribution >= 0.6 is 24.0 Å². The molecule has 148 valence electrons. The minimum absolute atomic E-state index is 0. The van der Waals surface area contributed by atoms with E-state index in [0.717, 1.165) is 38.8 Å². The largest absolute Gasteiger partial charge is 0.493 e. The van der Waals surface area contributed by atoms with E-state index in [1.54, 1.807) is 19.2 Å². The van der Waals surface area contributed by atoms with Crippen LogP contribution in [0.5, 0.6) is 11.5 Å². The molecule has 0 aliphatic carbocycles. The topological polar surface area (TPSA) is 64.8 Å². The van der Waals surface area contributed by atoms with Crippen molar-refractivity contribution in [3.05, 3.63) is 22.7 Å². The Morgan fingerprint density at radius 3 is 2.58 bits per heavy atom. The molecule has 26 heavy (non-hydrogen) atoms. The highest BCUT2D eigenvalue weighted by molar-refractivity contribution is 6.32. The van der Waals surface area contributed by atoms with E-state index in [1.165, 1.54) is 0 Å². The average Bonchev–Trinajstić information content (AvgIpc) is 2.62. The highest BCUT2D eigenvalue weighted by Crippen LogP contribution is 2.37. The standard InChI is InChI=1S/C19H29ClN2O3.ClH/c1-4-5-10-25-18-16(20)11-15(12-17(18)24-3)19(23)22-8-6-14(7-9-22)13(2)21;/h11-14H,4-10,21H2,1-3H3;1H. The fraction of sp³-hybridized carbons (Fsp3) is 0.632. The molecule has 0 spiro atoms. The van der Waals surface area contributed by atoms with E-state index in [-0.39, 0.29) is 24.4 Å². The second-order valence-corrected chi connectivity index (χ2v) is 7.09. The van der Waals surface area contributed by atoms with Crippen molar-refractivity contribution in [2.24, 2.45) is 11.7 Å². The molecule has 1 atom stereocenters. The van der Waals surface area contributed by atoms with Crippen LogP contribution in [-0.4, -0.2) is 43.7 Å². The fourth-order valence-electron chi connectivity index (χ4n) is 3.11. The van der Waals surface area contributed by atoms with Crippen molar-refractivity contribution in [3.8, 4) is 11.5 Å². The Kier molecular flexibility index (Phi) is 9.55. The minimum atomic E-state index is -0.0246. The van der Waals surface area contributed by atoms with Gasteiger partial charge < -0.3 is 20.1 Å². The number of rotatable bonds is 7. The van der Waals surface area contributed by atoms with E-state index in [1.807, 2.05) is 11.8 Å². The molecule has 1 unspecified atom stereocenters. The molecular formula is C19H30Cl2N2O3. The van der Waals surface area contributed by atoms with E-state index in [9.17, 15) is 4.79 Å². The maximum atomic E-state index is 12.8. The van der Waals surface area contributed by atoms with Crippen molar-refractivity contribution in [1.82, 2.24) is 4.90 Å². The molecule has 7 heteroatoms. The Bertz CT molecular complexity index is 588. The highest BCUT2D eigenvalue weighted by Gasteiger charge is 2.26. The smallest absolute Gasteiger partial charge is 0.254 e.